The van der Waals surface area contributed by atoms with E-state index in [1.54, 1.807) is 6.07 Å². The van der Waals surface area contributed by atoms with Gasteiger partial charge in [0, 0.05) is 17.5 Å². The summed E-state index contributed by atoms with van der Waals surface area (Å²) in [5.74, 6) is -3.24. The van der Waals surface area contributed by atoms with Crippen molar-refractivity contribution in [3.05, 3.63) is 58.4 Å². The molecule has 1 atom stereocenters. The summed E-state index contributed by atoms with van der Waals surface area (Å²) in [6, 6.07) is 6.49. The van der Waals surface area contributed by atoms with Gasteiger partial charge in [0.1, 0.15) is 22.9 Å². The second kappa shape index (κ2) is 5.96. The molecular formula is C18H15FO5. The molecule has 1 aliphatic heterocycles. The van der Waals surface area contributed by atoms with E-state index in [1.807, 2.05) is 0 Å². The van der Waals surface area contributed by atoms with Crippen LogP contribution in [-0.4, -0.2) is 28.6 Å². The monoisotopic (exact) mass is 330 g/mol. The molecule has 0 saturated carbocycles. The van der Waals surface area contributed by atoms with E-state index >= 15 is 0 Å². The zero-order valence-electron chi connectivity index (χ0n) is 12.9. The van der Waals surface area contributed by atoms with Crippen LogP contribution in [0, 0.1) is 5.82 Å². The lowest BCUT2D eigenvalue weighted by Gasteiger charge is -2.16. The van der Waals surface area contributed by atoms with E-state index in [-0.39, 0.29) is 22.4 Å². The van der Waals surface area contributed by atoms with Gasteiger partial charge in [0.2, 0.25) is 5.78 Å². The first kappa shape index (κ1) is 16.0. The van der Waals surface area contributed by atoms with Crippen LogP contribution in [0.4, 0.5) is 4.39 Å². The smallest absolute Gasteiger partial charge is 0.310 e. The SMILES string of the molecule is CC(C(=O)O)c1cc2c(c(C(=O)c3ccc(F)cc3)c1O)OCC2. The molecule has 124 valence electrons. The topological polar surface area (TPSA) is 83.8 Å². The number of aliphatic carboxylic acids is 1. The van der Waals surface area contributed by atoms with Gasteiger partial charge < -0.3 is 14.9 Å². The summed E-state index contributed by atoms with van der Waals surface area (Å²) in [6.45, 7) is 1.79. The largest absolute Gasteiger partial charge is 0.507 e. The molecule has 0 radical (unpaired) electrons. The molecule has 1 heterocycles. The first-order chi connectivity index (χ1) is 11.4. The molecule has 1 unspecified atom stereocenters. The third-order valence-corrected chi connectivity index (χ3v) is 4.15. The summed E-state index contributed by atoms with van der Waals surface area (Å²) in [5.41, 5.74) is 0.961. The molecule has 0 amide bonds. The molecular weight excluding hydrogens is 315 g/mol. The summed E-state index contributed by atoms with van der Waals surface area (Å²) in [6.07, 6.45) is 0.526. The van der Waals surface area contributed by atoms with Gasteiger partial charge in [-0.25, -0.2) is 4.39 Å². The maximum Gasteiger partial charge on any atom is 0.310 e. The van der Waals surface area contributed by atoms with Crippen LogP contribution in [0.15, 0.2) is 30.3 Å². The number of aromatic hydroxyl groups is 1. The first-order valence-electron chi connectivity index (χ1n) is 7.44. The van der Waals surface area contributed by atoms with Gasteiger partial charge >= 0.3 is 5.97 Å². The summed E-state index contributed by atoms with van der Waals surface area (Å²) in [5, 5.41) is 19.7. The average molecular weight is 330 g/mol. The predicted octanol–water partition coefficient (Wildman–Crippen LogP) is 2.89. The van der Waals surface area contributed by atoms with E-state index in [4.69, 9.17) is 4.74 Å². The van der Waals surface area contributed by atoms with Gasteiger partial charge in [0.05, 0.1) is 12.5 Å². The van der Waals surface area contributed by atoms with E-state index in [9.17, 15) is 24.2 Å². The van der Waals surface area contributed by atoms with Crippen molar-refractivity contribution in [1.82, 2.24) is 0 Å². The number of carboxylic acids is 1. The van der Waals surface area contributed by atoms with Gasteiger partial charge in [-0.05, 0) is 42.8 Å². The van der Waals surface area contributed by atoms with Crippen LogP contribution in [0.3, 0.4) is 0 Å². The van der Waals surface area contributed by atoms with Gasteiger partial charge in [-0.1, -0.05) is 0 Å². The van der Waals surface area contributed by atoms with Crippen molar-refractivity contribution in [2.75, 3.05) is 6.61 Å². The van der Waals surface area contributed by atoms with Crippen molar-refractivity contribution >= 4 is 11.8 Å². The molecule has 0 spiro atoms. The van der Waals surface area contributed by atoms with Gasteiger partial charge in [0.15, 0.2) is 0 Å². The molecule has 24 heavy (non-hydrogen) atoms. The van der Waals surface area contributed by atoms with Gasteiger partial charge in [-0.15, -0.1) is 0 Å². The Bertz CT molecular complexity index is 826. The Morgan fingerprint density at radius 3 is 2.54 bits per heavy atom. The Morgan fingerprint density at radius 1 is 1.25 bits per heavy atom. The van der Waals surface area contributed by atoms with E-state index in [2.05, 4.69) is 0 Å². The van der Waals surface area contributed by atoms with Crippen LogP contribution >= 0.6 is 0 Å². The van der Waals surface area contributed by atoms with Crippen LogP contribution in [0.2, 0.25) is 0 Å². The van der Waals surface area contributed by atoms with Crippen molar-refractivity contribution < 1.29 is 28.9 Å². The minimum absolute atomic E-state index is 0.0697. The Morgan fingerprint density at radius 2 is 1.92 bits per heavy atom. The summed E-state index contributed by atoms with van der Waals surface area (Å²) in [4.78, 5) is 24.0. The number of halogens is 1. The molecule has 6 heteroatoms. The zero-order valence-corrected chi connectivity index (χ0v) is 12.9. The lowest BCUT2D eigenvalue weighted by molar-refractivity contribution is -0.138. The Labute approximate surface area is 137 Å². The molecule has 2 N–H and O–H groups in total. The van der Waals surface area contributed by atoms with E-state index < -0.39 is 29.2 Å². The van der Waals surface area contributed by atoms with Crippen molar-refractivity contribution in [2.24, 2.45) is 0 Å². The van der Waals surface area contributed by atoms with Crippen molar-refractivity contribution in [3.8, 4) is 11.5 Å². The molecule has 1 aliphatic rings. The van der Waals surface area contributed by atoms with Crippen LogP contribution < -0.4 is 4.74 Å². The van der Waals surface area contributed by atoms with E-state index in [0.29, 0.717) is 18.6 Å². The number of benzene rings is 2. The number of hydrogen-bond acceptors (Lipinski definition) is 4. The second-order valence-electron chi connectivity index (χ2n) is 5.67. The number of ether oxygens (including phenoxy) is 1. The molecule has 0 saturated heterocycles. The Kier molecular flexibility index (Phi) is 3.97. The number of carbonyl (C=O) groups excluding carboxylic acids is 1. The first-order valence-corrected chi connectivity index (χ1v) is 7.44. The van der Waals surface area contributed by atoms with Gasteiger partial charge in [-0.2, -0.15) is 0 Å². The van der Waals surface area contributed by atoms with Crippen LogP contribution in [0.5, 0.6) is 11.5 Å². The molecule has 0 aliphatic carbocycles. The highest BCUT2D eigenvalue weighted by atomic mass is 19.1. The van der Waals surface area contributed by atoms with E-state index in [0.717, 1.165) is 12.1 Å². The standard InChI is InChI=1S/C18H15FO5/c1-9(18(22)23)13-8-11-6-7-24-17(11)14(16(13)21)15(20)10-2-4-12(19)5-3-10/h2-5,8-9,21H,6-7H2,1H3,(H,22,23). The van der Waals surface area contributed by atoms with Crippen molar-refractivity contribution in [3.63, 3.8) is 0 Å². The highest BCUT2D eigenvalue weighted by molar-refractivity contribution is 6.13. The van der Waals surface area contributed by atoms with Crippen LogP contribution in [0.1, 0.15) is 39.9 Å². The van der Waals surface area contributed by atoms with Gasteiger partial charge in [-0.3, -0.25) is 9.59 Å². The quantitative estimate of drug-likeness (QED) is 0.842. The molecule has 3 rings (SSSR count). The van der Waals surface area contributed by atoms with Crippen molar-refractivity contribution in [1.29, 1.82) is 0 Å². The second-order valence-corrected chi connectivity index (χ2v) is 5.67. The Hall–Kier alpha value is -2.89. The number of fused-ring (bicyclic) bond motifs is 1. The number of phenols is 1. The highest BCUT2D eigenvalue weighted by Gasteiger charge is 2.31. The molecule has 5 nitrogen and oxygen atoms in total. The normalized spacial score (nSPS) is 13.9. The third kappa shape index (κ3) is 2.60. The summed E-state index contributed by atoms with van der Waals surface area (Å²) < 4.78 is 18.5. The fourth-order valence-electron chi connectivity index (χ4n) is 2.77. The minimum atomic E-state index is -1.11. The van der Waals surface area contributed by atoms with E-state index in [1.165, 1.54) is 19.1 Å². The molecule has 2 aromatic carbocycles. The number of phenolic OH excluding ortho intramolecular Hbond substituents is 1. The molecule has 0 bridgehead atoms. The minimum Gasteiger partial charge on any atom is -0.507 e. The fourth-order valence-corrected chi connectivity index (χ4v) is 2.77. The zero-order chi connectivity index (χ0) is 17.4. The van der Waals surface area contributed by atoms with Crippen LogP contribution in [0.25, 0.3) is 0 Å². The number of carboxylic acid groups (broad SMARTS) is 1. The summed E-state index contributed by atoms with van der Waals surface area (Å²) >= 11 is 0. The number of hydrogen-bond donors (Lipinski definition) is 2. The average Bonchev–Trinajstić information content (AvgIpc) is 3.01. The lowest BCUT2D eigenvalue weighted by atomic mass is 9.90. The summed E-state index contributed by atoms with van der Waals surface area (Å²) in [7, 11) is 0. The maximum atomic E-state index is 13.1. The maximum absolute atomic E-state index is 13.1. The van der Waals surface area contributed by atoms with Crippen LogP contribution in [-0.2, 0) is 11.2 Å². The Balaban J connectivity index is 2.17. The number of ketones is 1. The third-order valence-electron chi connectivity index (χ3n) is 4.15. The number of carbonyl (C=O) groups is 2. The lowest BCUT2D eigenvalue weighted by Crippen LogP contribution is -2.11. The highest BCUT2D eigenvalue weighted by Crippen LogP contribution is 2.42. The fraction of sp³-hybridized carbons (Fsp3) is 0.222. The molecule has 0 fully saturated rings. The molecule has 2 aromatic rings. The predicted molar refractivity (Wildman–Crippen MR) is 83.2 cm³/mol. The van der Waals surface area contributed by atoms with Crippen molar-refractivity contribution in [2.45, 2.75) is 19.3 Å². The number of rotatable bonds is 4. The molecule has 0 aromatic heterocycles. The van der Waals surface area contributed by atoms with Gasteiger partial charge in [0.25, 0.3) is 0 Å².